The third-order valence-electron chi connectivity index (χ3n) is 6.44. The number of amides is 2. The average Bonchev–Trinajstić information content (AvgIpc) is 3.25. The zero-order valence-corrected chi connectivity index (χ0v) is 20.4. The molecule has 1 aliphatic heterocycles. The summed E-state index contributed by atoms with van der Waals surface area (Å²) in [6.45, 7) is 6.82. The summed E-state index contributed by atoms with van der Waals surface area (Å²) in [5, 5.41) is 6.07. The van der Waals surface area contributed by atoms with Crippen LogP contribution in [0.4, 0.5) is 9.80 Å². The Hall–Kier alpha value is -2.63. The Labute approximate surface area is 202 Å². The molecule has 0 aliphatic carbocycles. The van der Waals surface area contributed by atoms with E-state index in [0.29, 0.717) is 6.54 Å². The lowest BCUT2D eigenvalue weighted by molar-refractivity contribution is 0.170. The third-order valence-corrected chi connectivity index (χ3v) is 7.40. The monoisotopic (exact) mass is 461 g/mol. The number of benzene rings is 2. The van der Waals surface area contributed by atoms with Crippen LogP contribution in [0.2, 0.25) is 0 Å². The Morgan fingerprint density at radius 2 is 1.70 bits per heavy atom. The minimum absolute atomic E-state index is 0.0118. The zero-order valence-electron chi connectivity index (χ0n) is 19.6. The quantitative estimate of drug-likeness (QED) is 0.398. The molecule has 0 bridgehead atoms. The fraction of sp³-hybridized carbons (Fsp3) is 0.393. The van der Waals surface area contributed by atoms with Crippen molar-refractivity contribution in [3.63, 3.8) is 0 Å². The van der Waals surface area contributed by atoms with Crippen LogP contribution in [0.3, 0.4) is 0 Å². The van der Waals surface area contributed by atoms with Crippen LogP contribution < -0.4 is 5.32 Å². The first-order valence-corrected chi connectivity index (χ1v) is 12.9. The highest BCUT2D eigenvalue weighted by Crippen LogP contribution is 2.22. The molecule has 33 heavy (non-hydrogen) atoms. The molecule has 0 atom stereocenters. The van der Waals surface area contributed by atoms with Crippen molar-refractivity contribution in [2.24, 2.45) is 5.92 Å². The van der Waals surface area contributed by atoms with Gasteiger partial charge in [-0.2, -0.15) is 0 Å². The van der Waals surface area contributed by atoms with Crippen LogP contribution in [-0.2, 0) is 13.0 Å². The smallest absolute Gasteiger partial charge is 0.320 e. The number of aryl methyl sites for hydroxylation is 1. The van der Waals surface area contributed by atoms with E-state index in [2.05, 4.69) is 65.0 Å². The number of carbonyl (C=O) groups excluding carboxylic acids is 1. The molecule has 1 fully saturated rings. The lowest BCUT2D eigenvalue weighted by Gasteiger charge is -2.32. The maximum Gasteiger partial charge on any atom is 0.322 e. The number of hydrogen-bond acceptors (Lipinski definition) is 3. The minimum atomic E-state index is -0.0118. The molecule has 1 aromatic heterocycles. The van der Waals surface area contributed by atoms with Crippen molar-refractivity contribution < 1.29 is 4.79 Å². The fourth-order valence-corrected chi connectivity index (χ4v) is 5.37. The first-order valence-electron chi connectivity index (χ1n) is 12.1. The van der Waals surface area contributed by atoms with E-state index in [4.69, 9.17) is 0 Å². The molecule has 2 aromatic carbocycles. The van der Waals surface area contributed by atoms with Crippen molar-refractivity contribution in [2.75, 3.05) is 31.5 Å². The van der Waals surface area contributed by atoms with Crippen LogP contribution in [-0.4, -0.2) is 42.0 Å². The molecule has 4 nitrogen and oxygen atoms in total. The third kappa shape index (κ3) is 7.44. The van der Waals surface area contributed by atoms with E-state index in [9.17, 15) is 4.79 Å². The first-order chi connectivity index (χ1) is 16.2. The lowest BCUT2D eigenvalue weighted by Crippen LogP contribution is -2.39. The molecular weight excluding hydrogens is 426 g/mol. The number of hydrogen-bond donors (Lipinski definition) is 1. The van der Waals surface area contributed by atoms with Gasteiger partial charge < -0.3 is 9.80 Å². The van der Waals surface area contributed by atoms with E-state index in [1.54, 1.807) is 11.3 Å². The van der Waals surface area contributed by atoms with Crippen LogP contribution in [0, 0.1) is 12.8 Å². The van der Waals surface area contributed by atoms with Gasteiger partial charge in [0, 0.05) is 13.1 Å². The summed E-state index contributed by atoms with van der Waals surface area (Å²) in [4.78, 5) is 17.6. The summed E-state index contributed by atoms with van der Waals surface area (Å²) >= 11 is 1.58. The van der Waals surface area contributed by atoms with Crippen molar-refractivity contribution >= 4 is 22.4 Å². The van der Waals surface area contributed by atoms with Crippen molar-refractivity contribution in [2.45, 2.75) is 39.2 Å². The molecule has 2 heterocycles. The number of thiophene rings is 1. The van der Waals surface area contributed by atoms with E-state index in [1.807, 2.05) is 29.2 Å². The van der Waals surface area contributed by atoms with Gasteiger partial charge in [0.15, 0.2) is 0 Å². The van der Waals surface area contributed by atoms with Gasteiger partial charge in [-0.25, -0.2) is 4.79 Å². The summed E-state index contributed by atoms with van der Waals surface area (Å²) in [5.41, 5.74) is 3.80. The zero-order chi connectivity index (χ0) is 22.9. The maximum absolute atomic E-state index is 13.0. The number of nitrogens with zero attached hydrogens (tertiary/aromatic N) is 2. The van der Waals surface area contributed by atoms with Gasteiger partial charge in [0.1, 0.15) is 0 Å². The Bertz CT molecular complexity index is 981. The number of piperidine rings is 1. The molecule has 2 amide bonds. The van der Waals surface area contributed by atoms with Crippen molar-refractivity contribution in [1.82, 2.24) is 9.80 Å². The van der Waals surface area contributed by atoms with Crippen molar-refractivity contribution in [3.05, 3.63) is 88.8 Å². The number of likely N-dealkylation sites (tertiary alicyclic amines) is 1. The molecule has 0 radical (unpaired) electrons. The predicted octanol–water partition coefficient (Wildman–Crippen LogP) is 6.44. The van der Waals surface area contributed by atoms with Crippen LogP contribution in [0.5, 0.6) is 0 Å². The van der Waals surface area contributed by atoms with Crippen LogP contribution in [0.1, 0.15) is 36.0 Å². The normalized spacial score (nSPS) is 14.8. The number of rotatable bonds is 9. The first kappa shape index (κ1) is 23.5. The molecule has 1 N–H and O–H groups in total. The van der Waals surface area contributed by atoms with Gasteiger partial charge in [-0.1, -0.05) is 60.7 Å². The summed E-state index contributed by atoms with van der Waals surface area (Å²) in [6.07, 6.45) is 4.72. The predicted molar refractivity (Wildman–Crippen MR) is 139 cm³/mol. The molecule has 1 saturated heterocycles. The van der Waals surface area contributed by atoms with E-state index >= 15 is 0 Å². The van der Waals surface area contributed by atoms with E-state index < -0.39 is 0 Å². The Morgan fingerprint density at radius 1 is 1.03 bits per heavy atom. The van der Waals surface area contributed by atoms with E-state index in [0.717, 1.165) is 49.1 Å². The van der Waals surface area contributed by atoms with Crippen LogP contribution in [0.25, 0.3) is 0 Å². The summed E-state index contributed by atoms with van der Waals surface area (Å²) in [7, 11) is 0. The highest BCUT2D eigenvalue weighted by atomic mass is 32.1. The molecule has 3 aromatic rings. The van der Waals surface area contributed by atoms with E-state index in [-0.39, 0.29) is 6.03 Å². The molecule has 0 saturated carbocycles. The maximum atomic E-state index is 13.0. The second-order valence-corrected chi connectivity index (χ2v) is 10.1. The summed E-state index contributed by atoms with van der Waals surface area (Å²) in [5.74, 6) is 0.790. The molecule has 5 heteroatoms. The summed E-state index contributed by atoms with van der Waals surface area (Å²) in [6, 6.07) is 23.2. The minimum Gasteiger partial charge on any atom is -0.320 e. The molecule has 0 spiro atoms. The molecule has 0 unspecified atom stereocenters. The largest absolute Gasteiger partial charge is 0.322 e. The Morgan fingerprint density at radius 3 is 2.33 bits per heavy atom. The SMILES string of the molecule is Cc1csc(NC(=O)N(CCCN2CCC(Cc3ccccc3)CC2)Cc2ccccc2)c1. The van der Waals surface area contributed by atoms with Gasteiger partial charge >= 0.3 is 6.03 Å². The Balaban J connectivity index is 1.25. The molecule has 4 rings (SSSR count). The van der Waals surface area contributed by atoms with E-state index in [1.165, 1.54) is 30.4 Å². The molecule has 174 valence electrons. The van der Waals surface area contributed by atoms with Gasteiger partial charge in [0.05, 0.1) is 5.00 Å². The van der Waals surface area contributed by atoms with Gasteiger partial charge in [0.25, 0.3) is 0 Å². The number of nitrogens with one attached hydrogen (secondary N) is 1. The van der Waals surface area contributed by atoms with Gasteiger partial charge in [-0.05, 0) is 86.3 Å². The van der Waals surface area contributed by atoms with Gasteiger partial charge in [-0.15, -0.1) is 11.3 Å². The highest BCUT2D eigenvalue weighted by molar-refractivity contribution is 7.14. The van der Waals surface area contributed by atoms with Crippen molar-refractivity contribution in [3.8, 4) is 0 Å². The van der Waals surface area contributed by atoms with Crippen LogP contribution >= 0.6 is 11.3 Å². The second-order valence-electron chi connectivity index (χ2n) is 9.15. The Kier molecular flexibility index (Phi) is 8.56. The van der Waals surface area contributed by atoms with Gasteiger partial charge in [-0.3, -0.25) is 5.32 Å². The fourth-order valence-electron chi connectivity index (χ4n) is 4.58. The molecular formula is C28H35N3OS. The van der Waals surface area contributed by atoms with Gasteiger partial charge in [0.2, 0.25) is 0 Å². The highest BCUT2D eigenvalue weighted by Gasteiger charge is 2.20. The molecule has 1 aliphatic rings. The number of urea groups is 1. The van der Waals surface area contributed by atoms with Crippen molar-refractivity contribution in [1.29, 1.82) is 0 Å². The topological polar surface area (TPSA) is 35.6 Å². The average molecular weight is 462 g/mol. The standard InChI is InChI=1S/C28H35N3OS/c1-23-19-27(33-22-23)29-28(32)31(21-26-11-6-3-7-12-26)16-8-15-30-17-13-25(14-18-30)20-24-9-4-2-5-10-24/h2-7,9-12,19,22,25H,8,13-18,20-21H2,1H3,(H,29,32). The second kappa shape index (κ2) is 12.0. The summed E-state index contributed by atoms with van der Waals surface area (Å²) < 4.78 is 0. The lowest BCUT2D eigenvalue weighted by atomic mass is 9.90. The number of carbonyl (C=O) groups is 1. The van der Waals surface area contributed by atoms with Crippen LogP contribution in [0.15, 0.2) is 72.1 Å². The number of anilines is 1.